The van der Waals surface area contributed by atoms with Crippen molar-refractivity contribution in [3.05, 3.63) is 18.1 Å². The molecule has 4 nitrogen and oxygen atoms in total. The molecule has 0 aliphatic heterocycles. The van der Waals surface area contributed by atoms with Crippen molar-refractivity contribution < 1.29 is 0 Å². The first-order chi connectivity index (χ1) is 7.31. The van der Waals surface area contributed by atoms with Gasteiger partial charge in [0.15, 0.2) is 0 Å². The predicted octanol–water partition coefficient (Wildman–Crippen LogP) is 1.08. The molecule has 1 N–H and O–H groups in total. The SMILES string of the molecule is CCN(CC)c1ccnc(CCNC)n1. The summed E-state index contributed by atoms with van der Waals surface area (Å²) in [5.41, 5.74) is 0. The molecule has 0 aliphatic carbocycles. The summed E-state index contributed by atoms with van der Waals surface area (Å²) in [7, 11) is 1.94. The molecule has 0 aliphatic rings. The lowest BCUT2D eigenvalue weighted by atomic mass is 10.4. The van der Waals surface area contributed by atoms with Gasteiger partial charge in [-0.05, 0) is 27.0 Å². The van der Waals surface area contributed by atoms with Gasteiger partial charge in [-0.25, -0.2) is 9.97 Å². The summed E-state index contributed by atoms with van der Waals surface area (Å²) >= 11 is 0. The maximum atomic E-state index is 4.53. The van der Waals surface area contributed by atoms with Crippen LogP contribution >= 0.6 is 0 Å². The van der Waals surface area contributed by atoms with Crippen LogP contribution in [0.5, 0.6) is 0 Å². The maximum Gasteiger partial charge on any atom is 0.132 e. The van der Waals surface area contributed by atoms with Crippen molar-refractivity contribution in [2.24, 2.45) is 0 Å². The molecule has 0 atom stereocenters. The van der Waals surface area contributed by atoms with Crippen molar-refractivity contribution in [1.82, 2.24) is 15.3 Å². The minimum atomic E-state index is 0.881. The van der Waals surface area contributed by atoms with E-state index in [2.05, 4.69) is 34.0 Å². The van der Waals surface area contributed by atoms with Gasteiger partial charge in [-0.3, -0.25) is 0 Å². The highest BCUT2D eigenvalue weighted by molar-refractivity contribution is 5.36. The van der Waals surface area contributed by atoms with Crippen molar-refractivity contribution in [3.8, 4) is 0 Å². The van der Waals surface area contributed by atoms with Crippen molar-refractivity contribution in [2.75, 3.05) is 31.6 Å². The minimum Gasteiger partial charge on any atom is -0.357 e. The molecule has 15 heavy (non-hydrogen) atoms. The molecule has 0 unspecified atom stereocenters. The zero-order valence-electron chi connectivity index (χ0n) is 9.82. The smallest absolute Gasteiger partial charge is 0.132 e. The largest absolute Gasteiger partial charge is 0.357 e. The molecule has 4 heteroatoms. The van der Waals surface area contributed by atoms with Crippen LogP contribution in [0.3, 0.4) is 0 Å². The average molecular weight is 208 g/mol. The van der Waals surface area contributed by atoms with Gasteiger partial charge in [0.2, 0.25) is 0 Å². The van der Waals surface area contributed by atoms with E-state index in [9.17, 15) is 0 Å². The van der Waals surface area contributed by atoms with E-state index in [0.29, 0.717) is 0 Å². The summed E-state index contributed by atoms with van der Waals surface area (Å²) < 4.78 is 0. The topological polar surface area (TPSA) is 41.1 Å². The second-order valence-electron chi connectivity index (χ2n) is 3.36. The van der Waals surface area contributed by atoms with E-state index in [4.69, 9.17) is 0 Å². The number of likely N-dealkylation sites (N-methyl/N-ethyl adjacent to an activating group) is 1. The van der Waals surface area contributed by atoms with Crippen molar-refractivity contribution in [1.29, 1.82) is 0 Å². The molecule has 0 bridgehead atoms. The molecule has 0 spiro atoms. The van der Waals surface area contributed by atoms with E-state index >= 15 is 0 Å². The maximum absolute atomic E-state index is 4.53. The standard InChI is InChI=1S/C11H20N4/c1-4-15(5-2)11-7-9-13-10(14-11)6-8-12-3/h7,9,12H,4-6,8H2,1-3H3. The molecule has 1 heterocycles. The monoisotopic (exact) mass is 208 g/mol. The zero-order chi connectivity index (χ0) is 11.1. The van der Waals surface area contributed by atoms with E-state index in [1.165, 1.54) is 0 Å². The van der Waals surface area contributed by atoms with Crippen LogP contribution in [-0.2, 0) is 6.42 Å². The Hall–Kier alpha value is -1.16. The molecule has 0 fully saturated rings. The Balaban J connectivity index is 2.72. The molecule has 0 aromatic carbocycles. The molecular formula is C11H20N4. The molecule has 84 valence electrons. The van der Waals surface area contributed by atoms with Crippen LogP contribution in [0.4, 0.5) is 5.82 Å². The van der Waals surface area contributed by atoms with E-state index < -0.39 is 0 Å². The molecule has 0 radical (unpaired) electrons. The molecule has 1 aromatic heterocycles. The lowest BCUT2D eigenvalue weighted by molar-refractivity contribution is 0.746. The first kappa shape index (κ1) is 11.9. The third kappa shape index (κ3) is 3.47. The van der Waals surface area contributed by atoms with Crippen LogP contribution in [0.25, 0.3) is 0 Å². The Morgan fingerprint density at radius 2 is 2.07 bits per heavy atom. The van der Waals surface area contributed by atoms with Gasteiger partial charge < -0.3 is 10.2 Å². The first-order valence-electron chi connectivity index (χ1n) is 5.53. The van der Waals surface area contributed by atoms with Crippen LogP contribution in [0.2, 0.25) is 0 Å². The highest BCUT2D eigenvalue weighted by atomic mass is 15.2. The fraction of sp³-hybridized carbons (Fsp3) is 0.636. The van der Waals surface area contributed by atoms with Gasteiger partial charge in [0.25, 0.3) is 0 Å². The Kier molecular flexibility index (Phi) is 5.04. The number of hydrogen-bond donors (Lipinski definition) is 1. The Morgan fingerprint density at radius 1 is 1.33 bits per heavy atom. The van der Waals surface area contributed by atoms with Crippen molar-refractivity contribution in [2.45, 2.75) is 20.3 Å². The predicted molar refractivity (Wildman–Crippen MR) is 63.2 cm³/mol. The van der Waals surface area contributed by atoms with Gasteiger partial charge >= 0.3 is 0 Å². The molecule has 1 aromatic rings. The summed E-state index contributed by atoms with van der Waals surface area (Å²) in [4.78, 5) is 11.0. The highest BCUT2D eigenvalue weighted by Crippen LogP contribution is 2.09. The van der Waals surface area contributed by atoms with Crippen LogP contribution in [0.15, 0.2) is 12.3 Å². The number of hydrogen-bond acceptors (Lipinski definition) is 4. The molecule has 0 saturated heterocycles. The van der Waals surface area contributed by atoms with E-state index in [-0.39, 0.29) is 0 Å². The van der Waals surface area contributed by atoms with E-state index in [1.54, 1.807) is 0 Å². The first-order valence-corrected chi connectivity index (χ1v) is 5.53. The van der Waals surface area contributed by atoms with E-state index in [1.807, 2.05) is 19.3 Å². The third-order valence-corrected chi connectivity index (χ3v) is 2.38. The quantitative estimate of drug-likeness (QED) is 0.759. The van der Waals surface area contributed by atoms with Gasteiger partial charge in [0.1, 0.15) is 11.6 Å². The number of rotatable bonds is 6. The van der Waals surface area contributed by atoms with Crippen molar-refractivity contribution >= 4 is 5.82 Å². The van der Waals surface area contributed by atoms with Crippen molar-refractivity contribution in [3.63, 3.8) is 0 Å². The van der Waals surface area contributed by atoms with Gasteiger partial charge in [-0.15, -0.1) is 0 Å². The molecule has 1 rings (SSSR count). The highest BCUT2D eigenvalue weighted by Gasteiger charge is 2.04. The van der Waals surface area contributed by atoms with E-state index in [0.717, 1.165) is 37.7 Å². The lowest BCUT2D eigenvalue weighted by Gasteiger charge is -2.19. The number of anilines is 1. The van der Waals surface area contributed by atoms with Crippen LogP contribution < -0.4 is 10.2 Å². The fourth-order valence-corrected chi connectivity index (χ4v) is 1.47. The molecule has 0 amide bonds. The van der Waals surface area contributed by atoms with Gasteiger partial charge in [-0.1, -0.05) is 0 Å². The summed E-state index contributed by atoms with van der Waals surface area (Å²) in [6.07, 6.45) is 2.72. The number of nitrogens with zero attached hydrogens (tertiary/aromatic N) is 3. The summed E-state index contributed by atoms with van der Waals surface area (Å²) in [6, 6.07) is 1.97. The van der Waals surface area contributed by atoms with Gasteiger partial charge in [0, 0.05) is 32.3 Å². The normalized spacial score (nSPS) is 10.3. The second kappa shape index (κ2) is 6.35. The fourth-order valence-electron chi connectivity index (χ4n) is 1.47. The number of nitrogens with one attached hydrogen (secondary N) is 1. The Bertz CT molecular complexity index is 284. The third-order valence-electron chi connectivity index (χ3n) is 2.38. The van der Waals surface area contributed by atoms with Crippen LogP contribution in [-0.4, -0.2) is 36.6 Å². The lowest BCUT2D eigenvalue weighted by Crippen LogP contribution is -2.23. The summed E-state index contributed by atoms with van der Waals surface area (Å²) in [5, 5.41) is 3.10. The molecular weight excluding hydrogens is 188 g/mol. The van der Waals surface area contributed by atoms with Gasteiger partial charge in [0.05, 0.1) is 0 Å². The van der Waals surface area contributed by atoms with Crippen LogP contribution in [0.1, 0.15) is 19.7 Å². The average Bonchev–Trinajstić information content (AvgIpc) is 2.29. The van der Waals surface area contributed by atoms with Gasteiger partial charge in [-0.2, -0.15) is 0 Å². The Morgan fingerprint density at radius 3 is 2.67 bits per heavy atom. The zero-order valence-corrected chi connectivity index (χ0v) is 9.82. The minimum absolute atomic E-state index is 0.881. The summed E-state index contributed by atoms with van der Waals surface area (Å²) in [6.45, 7) is 7.16. The molecule has 0 saturated carbocycles. The second-order valence-corrected chi connectivity index (χ2v) is 3.36. The Labute approximate surface area is 91.7 Å². The van der Waals surface area contributed by atoms with Crippen LogP contribution in [0, 0.1) is 0 Å². The summed E-state index contributed by atoms with van der Waals surface area (Å²) in [5.74, 6) is 1.94. The number of aromatic nitrogens is 2.